The number of aromatic nitrogens is 2. The molecule has 1 N–H and O–H groups in total. The number of hydrogen-bond acceptors (Lipinski definition) is 8. The van der Waals surface area contributed by atoms with E-state index in [0.29, 0.717) is 15.9 Å². The van der Waals surface area contributed by atoms with Gasteiger partial charge >= 0.3 is 5.97 Å². The zero-order valence-electron chi connectivity index (χ0n) is 15.5. The summed E-state index contributed by atoms with van der Waals surface area (Å²) in [5.41, 5.74) is 0.655. The van der Waals surface area contributed by atoms with E-state index in [2.05, 4.69) is 14.7 Å². The van der Waals surface area contributed by atoms with E-state index >= 15 is 0 Å². The van der Waals surface area contributed by atoms with Crippen molar-refractivity contribution in [3.63, 3.8) is 0 Å². The fourth-order valence-electron chi connectivity index (χ4n) is 2.21. The number of esters is 1. The van der Waals surface area contributed by atoms with Gasteiger partial charge in [0.05, 0.1) is 5.56 Å². The molecule has 2 aromatic carbocycles. The SMILES string of the molecule is CSc1nsc(NC(=O)/C(C#N)=C\c2ccc(OC(=O)c3ccc(F)cc3)cc2)n1. The summed E-state index contributed by atoms with van der Waals surface area (Å²) in [4.78, 5) is 28.4. The van der Waals surface area contributed by atoms with Crippen molar-refractivity contribution in [3.8, 4) is 11.8 Å². The van der Waals surface area contributed by atoms with Gasteiger partial charge in [0, 0.05) is 11.5 Å². The number of carbonyl (C=O) groups is 2. The topological polar surface area (TPSA) is 105 Å². The summed E-state index contributed by atoms with van der Waals surface area (Å²) in [5, 5.41) is 12.7. The van der Waals surface area contributed by atoms with Crippen LogP contribution in [0.2, 0.25) is 0 Å². The van der Waals surface area contributed by atoms with E-state index in [4.69, 9.17) is 4.74 Å². The lowest BCUT2D eigenvalue weighted by atomic mass is 10.1. The first-order valence-corrected chi connectivity index (χ1v) is 10.4. The number of rotatable bonds is 6. The van der Waals surface area contributed by atoms with E-state index in [9.17, 15) is 19.2 Å². The monoisotopic (exact) mass is 440 g/mol. The zero-order chi connectivity index (χ0) is 21.5. The molecular formula is C20H13FN4O3S2. The van der Waals surface area contributed by atoms with Crippen molar-refractivity contribution in [2.75, 3.05) is 11.6 Å². The summed E-state index contributed by atoms with van der Waals surface area (Å²) < 4.78 is 22.2. The maximum atomic E-state index is 12.9. The van der Waals surface area contributed by atoms with E-state index in [1.807, 2.05) is 12.3 Å². The number of thioether (sulfide) groups is 1. The van der Waals surface area contributed by atoms with Gasteiger partial charge in [-0.15, -0.1) is 0 Å². The molecule has 1 aromatic heterocycles. The lowest BCUT2D eigenvalue weighted by molar-refractivity contribution is -0.112. The summed E-state index contributed by atoms with van der Waals surface area (Å²) >= 11 is 2.37. The molecule has 0 radical (unpaired) electrons. The van der Waals surface area contributed by atoms with Gasteiger partial charge in [-0.3, -0.25) is 10.1 Å². The summed E-state index contributed by atoms with van der Waals surface area (Å²) in [6.07, 6.45) is 3.21. The maximum absolute atomic E-state index is 12.9. The van der Waals surface area contributed by atoms with Gasteiger partial charge in [-0.2, -0.15) is 14.6 Å². The molecule has 1 amide bonds. The molecule has 0 unspecified atom stereocenters. The molecule has 0 aliphatic rings. The Kier molecular flexibility index (Phi) is 6.90. The van der Waals surface area contributed by atoms with E-state index in [0.717, 1.165) is 11.5 Å². The van der Waals surface area contributed by atoms with Gasteiger partial charge in [-0.05, 0) is 54.3 Å². The Morgan fingerprint density at radius 2 is 1.90 bits per heavy atom. The van der Waals surface area contributed by atoms with Crippen molar-refractivity contribution in [2.24, 2.45) is 0 Å². The van der Waals surface area contributed by atoms with Crippen LogP contribution in [0, 0.1) is 17.1 Å². The lowest BCUT2D eigenvalue weighted by Gasteiger charge is -2.05. The average Bonchev–Trinajstić information content (AvgIpc) is 3.21. The van der Waals surface area contributed by atoms with Crippen molar-refractivity contribution >= 4 is 46.4 Å². The molecule has 3 rings (SSSR count). The largest absolute Gasteiger partial charge is 0.423 e. The van der Waals surface area contributed by atoms with E-state index < -0.39 is 17.7 Å². The van der Waals surface area contributed by atoms with Crippen LogP contribution in [-0.2, 0) is 4.79 Å². The highest BCUT2D eigenvalue weighted by molar-refractivity contribution is 7.98. The molecule has 0 aliphatic heterocycles. The molecule has 10 heteroatoms. The Morgan fingerprint density at radius 1 is 1.20 bits per heavy atom. The third kappa shape index (κ3) is 5.50. The number of anilines is 1. The van der Waals surface area contributed by atoms with E-state index in [-0.39, 0.29) is 16.9 Å². The smallest absolute Gasteiger partial charge is 0.343 e. The van der Waals surface area contributed by atoms with Gasteiger partial charge in [0.1, 0.15) is 23.2 Å². The van der Waals surface area contributed by atoms with Gasteiger partial charge in [0.25, 0.3) is 5.91 Å². The number of halogens is 1. The Bertz CT molecular complexity index is 1140. The van der Waals surface area contributed by atoms with Crippen LogP contribution >= 0.6 is 23.3 Å². The van der Waals surface area contributed by atoms with Gasteiger partial charge in [0.15, 0.2) is 0 Å². The maximum Gasteiger partial charge on any atom is 0.343 e. The standard InChI is InChI=1S/C20H13FN4O3S2/c1-29-20-24-19(30-25-20)23-17(26)14(11-22)10-12-2-8-16(9-3-12)28-18(27)13-4-6-15(21)7-5-13/h2-10H,1H3,(H,23,24,25,26)/b14-10-. The summed E-state index contributed by atoms with van der Waals surface area (Å²) in [6.45, 7) is 0. The first-order chi connectivity index (χ1) is 14.5. The van der Waals surface area contributed by atoms with Gasteiger partial charge < -0.3 is 4.74 Å². The fourth-order valence-corrected chi connectivity index (χ4v) is 3.33. The van der Waals surface area contributed by atoms with Crippen LogP contribution in [-0.4, -0.2) is 27.5 Å². The summed E-state index contributed by atoms with van der Waals surface area (Å²) in [7, 11) is 0. The van der Waals surface area contributed by atoms with Crippen LogP contribution in [0.4, 0.5) is 9.52 Å². The second-order valence-corrected chi connectivity index (χ2v) is 7.20. The highest BCUT2D eigenvalue weighted by Gasteiger charge is 2.13. The van der Waals surface area contributed by atoms with Crippen molar-refractivity contribution < 1.29 is 18.7 Å². The summed E-state index contributed by atoms with van der Waals surface area (Å²) in [6, 6.07) is 13.1. The van der Waals surface area contributed by atoms with Crippen LogP contribution in [0.15, 0.2) is 59.3 Å². The van der Waals surface area contributed by atoms with Crippen molar-refractivity contribution in [3.05, 3.63) is 71.0 Å². The van der Waals surface area contributed by atoms with Crippen LogP contribution in [0.3, 0.4) is 0 Å². The van der Waals surface area contributed by atoms with Crippen LogP contribution < -0.4 is 10.1 Å². The van der Waals surface area contributed by atoms with Crippen molar-refractivity contribution in [1.29, 1.82) is 5.26 Å². The molecule has 30 heavy (non-hydrogen) atoms. The minimum absolute atomic E-state index is 0.119. The third-order valence-electron chi connectivity index (χ3n) is 3.66. The Hall–Kier alpha value is -3.55. The van der Waals surface area contributed by atoms with Crippen LogP contribution in [0.5, 0.6) is 5.75 Å². The molecule has 0 atom stereocenters. The Balaban J connectivity index is 1.67. The van der Waals surface area contributed by atoms with Gasteiger partial charge in [-0.25, -0.2) is 9.18 Å². The number of ether oxygens (including phenoxy) is 1. The molecule has 0 spiro atoms. The second-order valence-electron chi connectivity index (χ2n) is 5.68. The van der Waals surface area contributed by atoms with Crippen molar-refractivity contribution in [1.82, 2.24) is 9.36 Å². The lowest BCUT2D eigenvalue weighted by Crippen LogP contribution is -2.13. The number of nitrogens with one attached hydrogen (secondary N) is 1. The van der Waals surface area contributed by atoms with Crippen LogP contribution in [0.1, 0.15) is 15.9 Å². The number of nitrogens with zero attached hydrogens (tertiary/aromatic N) is 3. The van der Waals surface area contributed by atoms with Gasteiger partial charge in [0.2, 0.25) is 10.3 Å². The predicted molar refractivity (Wildman–Crippen MR) is 112 cm³/mol. The normalized spacial score (nSPS) is 10.9. The second kappa shape index (κ2) is 9.78. The fraction of sp³-hybridized carbons (Fsp3) is 0.0500. The van der Waals surface area contributed by atoms with Crippen molar-refractivity contribution in [2.45, 2.75) is 5.16 Å². The van der Waals surface area contributed by atoms with E-state index in [1.54, 1.807) is 12.1 Å². The Labute approximate surface area is 179 Å². The number of carbonyl (C=O) groups excluding carboxylic acids is 2. The number of amides is 1. The minimum Gasteiger partial charge on any atom is -0.423 e. The average molecular weight is 440 g/mol. The molecule has 150 valence electrons. The quantitative estimate of drug-likeness (QED) is 0.202. The van der Waals surface area contributed by atoms with Crippen LogP contribution in [0.25, 0.3) is 6.08 Å². The molecule has 1 heterocycles. The highest BCUT2D eigenvalue weighted by Crippen LogP contribution is 2.20. The third-order valence-corrected chi connectivity index (χ3v) is 4.95. The van der Waals surface area contributed by atoms with E-state index in [1.165, 1.54) is 54.2 Å². The molecule has 0 saturated heterocycles. The minimum atomic E-state index is -0.628. The molecule has 0 fully saturated rings. The molecule has 3 aromatic rings. The number of nitriles is 1. The zero-order valence-corrected chi connectivity index (χ0v) is 17.1. The first-order valence-electron chi connectivity index (χ1n) is 8.37. The molecule has 7 nitrogen and oxygen atoms in total. The predicted octanol–water partition coefficient (Wildman–Crippen LogP) is 4.16. The number of benzene rings is 2. The number of hydrogen-bond donors (Lipinski definition) is 1. The molecule has 0 aliphatic carbocycles. The van der Waals surface area contributed by atoms with Gasteiger partial charge in [-0.1, -0.05) is 23.9 Å². The molecule has 0 saturated carbocycles. The molecule has 0 bridgehead atoms. The highest BCUT2D eigenvalue weighted by atomic mass is 32.2. The first kappa shape index (κ1) is 21.2. The summed E-state index contributed by atoms with van der Waals surface area (Å²) in [5.74, 6) is -1.41. The Morgan fingerprint density at radius 3 is 2.50 bits per heavy atom. The molecular weight excluding hydrogens is 427 g/mol.